The summed E-state index contributed by atoms with van der Waals surface area (Å²) in [7, 11) is 0. The molecule has 0 unspecified atom stereocenters. The molecule has 23 heavy (non-hydrogen) atoms. The van der Waals surface area contributed by atoms with Crippen LogP contribution in [0.2, 0.25) is 0 Å². The summed E-state index contributed by atoms with van der Waals surface area (Å²) in [5.41, 5.74) is 3.89. The molecule has 4 nitrogen and oxygen atoms in total. The molecule has 0 amide bonds. The molecule has 2 aromatic carbocycles. The molecular weight excluding hydrogens is 290 g/mol. The molecule has 3 aromatic rings. The van der Waals surface area contributed by atoms with Gasteiger partial charge in [0, 0.05) is 5.56 Å². The van der Waals surface area contributed by atoms with Crippen LogP contribution >= 0.6 is 0 Å². The van der Waals surface area contributed by atoms with Gasteiger partial charge in [-0.15, -0.1) is 0 Å². The summed E-state index contributed by atoms with van der Waals surface area (Å²) in [6.07, 6.45) is 0. The predicted molar refractivity (Wildman–Crippen MR) is 89.1 cm³/mol. The Balaban J connectivity index is 1.77. The minimum atomic E-state index is 0.0876. The second-order valence-electron chi connectivity index (χ2n) is 6.81. The van der Waals surface area contributed by atoms with Crippen LogP contribution in [0.3, 0.4) is 0 Å². The van der Waals surface area contributed by atoms with E-state index in [0.717, 1.165) is 28.2 Å². The van der Waals surface area contributed by atoms with Crippen molar-refractivity contribution < 1.29 is 13.9 Å². The Bertz CT molecular complexity index is 874. The average molecular weight is 309 g/mol. The maximum atomic E-state index is 5.91. The van der Waals surface area contributed by atoms with Gasteiger partial charge in [0.2, 0.25) is 5.89 Å². The fourth-order valence-corrected chi connectivity index (χ4v) is 2.69. The summed E-state index contributed by atoms with van der Waals surface area (Å²) in [6, 6.07) is 12.0. The van der Waals surface area contributed by atoms with E-state index in [1.54, 1.807) is 0 Å². The van der Waals surface area contributed by atoms with E-state index in [2.05, 4.69) is 37.9 Å². The molecule has 0 spiro atoms. The monoisotopic (exact) mass is 309 g/mol. The van der Waals surface area contributed by atoms with Gasteiger partial charge in [0.25, 0.3) is 0 Å². The molecule has 1 aliphatic heterocycles. The summed E-state index contributed by atoms with van der Waals surface area (Å²) in [6.45, 7) is 7.73. The van der Waals surface area contributed by atoms with Crippen molar-refractivity contribution in [3.63, 3.8) is 0 Å². The van der Waals surface area contributed by atoms with Gasteiger partial charge in [-0.2, -0.15) is 0 Å². The van der Waals surface area contributed by atoms with E-state index in [0.29, 0.717) is 19.1 Å². The summed E-state index contributed by atoms with van der Waals surface area (Å²) in [4.78, 5) is 4.64. The number of fused-ring (bicyclic) bond motifs is 2. The number of benzene rings is 2. The highest BCUT2D eigenvalue weighted by Gasteiger charge is 2.18. The van der Waals surface area contributed by atoms with Gasteiger partial charge >= 0.3 is 0 Å². The Morgan fingerprint density at radius 3 is 2.48 bits per heavy atom. The summed E-state index contributed by atoms with van der Waals surface area (Å²) < 4.78 is 17.1. The zero-order chi connectivity index (χ0) is 16.0. The van der Waals surface area contributed by atoms with Crippen LogP contribution in [0, 0.1) is 0 Å². The number of rotatable bonds is 1. The van der Waals surface area contributed by atoms with Crippen molar-refractivity contribution in [3.8, 4) is 23.0 Å². The second kappa shape index (κ2) is 5.01. The molecule has 0 aliphatic carbocycles. The van der Waals surface area contributed by atoms with E-state index in [4.69, 9.17) is 13.9 Å². The molecule has 0 saturated heterocycles. The SMILES string of the molecule is CC(C)(C)c1ccc2oc(-c3ccc4c(c3)OCCO4)nc2c1. The Kier molecular flexibility index (Phi) is 3.08. The van der Waals surface area contributed by atoms with Crippen LogP contribution in [-0.2, 0) is 5.41 Å². The lowest BCUT2D eigenvalue weighted by Gasteiger charge is -2.18. The molecule has 2 heterocycles. The van der Waals surface area contributed by atoms with E-state index in [9.17, 15) is 0 Å². The normalized spacial score (nSPS) is 14.2. The first-order valence-corrected chi connectivity index (χ1v) is 7.82. The lowest BCUT2D eigenvalue weighted by Crippen LogP contribution is -2.15. The van der Waals surface area contributed by atoms with E-state index < -0.39 is 0 Å². The van der Waals surface area contributed by atoms with Crippen LogP contribution in [0.25, 0.3) is 22.6 Å². The molecule has 118 valence electrons. The van der Waals surface area contributed by atoms with Crippen molar-refractivity contribution in [2.45, 2.75) is 26.2 Å². The number of oxazole rings is 1. The quantitative estimate of drug-likeness (QED) is 0.661. The van der Waals surface area contributed by atoms with Gasteiger partial charge < -0.3 is 13.9 Å². The molecular formula is C19H19NO3. The highest BCUT2D eigenvalue weighted by atomic mass is 16.6. The highest BCUT2D eigenvalue weighted by molar-refractivity contribution is 5.77. The third kappa shape index (κ3) is 2.54. The topological polar surface area (TPSA) is 44.5 Å². The van der Waals surface area contributed by atoms with Crippen molar-refractivity contribution in [1.82, 2.24) is 4.98 Å². The number of nitrogens with zero attached hydrogens (tertiary/aromatic N) is 1. The summed E-state index contributed by atoms with van der Waals surface area (Å²) in [5, 5.41) is 0. The standard InChI is InChI=1S/C19H19NO3/c1-19(2,3)13-5-7-15-14(11-13)20-18(23-15)12-4-6-16-17(10-12)22-9-8-21-16/h4-7,10-11H,8-9H2,1-3H3. The van der Waals surface area contributed by atoms with E-state index in [1.165, 1.54) is 5.56 Å². The molecule has 1 aromatic heterocycles. The van der Waals surface area contributed by atoms with Crippen LogP contribution in [0.4, 0.5) is 0 Å². The van der Waals surface area contributed by atoms with Gasteiger partial charge in [-0.05, 0) is 41.3 Å². The molecule has 0 atom stereocenters. The second-order valence-corrected chi connectivity index (χ2v) is 6.81. The number of ether oxygens (including phenoxy) is 2. The average Bonchev–Trinajstić information content (AvgIpc) is 2.96. The van der Waals surface area contributed by atoms with E-state index in [-0.39, 0.29) is 5.41 Å². The van der Waals surface area contributed by atoms with Crippen molar-refractivity contribution >= 4 is 11.1 Å². The largest absolute Gasteiger partial charge is 0.486 e. The van der Waals surface area contributed by atoms with Crippen molar-refractivity contribution in [2.24, 2.45) is 0 Å². The van der Waals surface area contributed by atoms with Gasteiger partial charge in [-0.1, -0.05) is 26.8 Å². The Morgan fingerprint density at radius 2 is 1.70 bits per heavy atom. The molecule has 1 aliphatic rings. The van der Waals surface area contributed by atoms with Crippen molar-refractivity contribution in [1.29, 1.82) is 0 Å². The fourth-order valence-electron chi connectivity index (χ4n) is 2.69. The molecule has 0 fully saturated rings. The summed E-state index contributed by atoms with van der Waals surface area (Å²) in [5.74, 6) is 2.11. The zero-order valence-corrected chi connectivity index (χ0v) is 13.6. The lowest BCUT2D eigenvalue weighted by atomic mass is 9.87. The first kappa shape index (κ1) is 14.1. The minimum absolute atomic E-state index is 0.0876. The molecule has 0 saturated carbocycles. The molecule has 0 bridgehead atoms. The van der Waals surface area contributed by atoms with Gasteiger partial charge in [-0.3, -0.25) is 0 Å². The van der Waals surface area contributed by atoms with Crippen LogP contribution in [0.5, 0.6) is 11.5 Å². The third-order valence-corrected chi connectivity index (χ3v) is 4.04. The first-order chi connectivity index (χ1) is 11.0. The number of hydrogen-bond donors (Lipinski definition) is 0. The number of aromatic nitrogens is 1. The first-order valence-electron chi connectivity index (χ1n) is 7.82. The van der Waals surface area contributed by atoms with Crippen LogP contribution in [0.1, 0.15) is 26.3 Å². The molecule has 4 rings (SSSR count). The van der Waals surface area contributed by atoms with Crippen molar-refractivity contribution in [3.05, 3.63) is 42.0 Å². The molecule has 0 radical (unpaired) electrons. The smallest absolute Gasteiger partial charge is 0.227 e. The maximum absolute atomic E-state index is 5.91. The van der Waals surface area contributed by atoms with Gasteiger partial charge in [0.15, 0.2) is 17.1 Å². The highest BCUT2D eigenvalue weighted by Crippen LogP contribution is 2.35. The predicted octanol–water partition coefficient (Wildman–Crippen LogP) is 4.56. The lowest BCUT2D eigenvalue weighted by molar-refractivity contribution is 0.171. The number of hydrogen-bond acceptors (Lipinski definition) is 4. The molecule has 0 N–H and O–H groups in total. The van der Waals surface area contributed by atoms with Crippen molar-refractivity contribution in [2.75, 3.05) is 13.2 Å². The fraction of sp³-hybridized carbons (Fsp3) is 0.316. The maximum Gasteiger partial charge on any atom is 0.227 e. The van der Waals surface area contributed by atoms with Gasteiger partial charge in [0.1, 0.15) is 18.7 Å². The van der Waals surface area contributed by atoms with Crippen LogP contribution in [0.15, 0.2) is 40.8 Å². The van der Waals surface area contributed by atoms with Crippen LogP contribution < -0.4 is 9.47 Å². The van der Waals surface area contributed by atoms with Gasteiger partial charge in [0.05, 0.1) is 0 Å². The van der Waals surface area contributed by atoms with Crippen LogP contribution in [-0.4, -0.2) is 18.2 Å². The Hall–Kier alpha value is -2.49. The van der Waals surface area contributed by atoms with E-state index >= 15 is 0 Å². The minimum Gasteiger partial charge on any atom is -0.486 e. The van der Waals surface area contributed by atoms with Gasteiger partial charge in [-0.25, -0.2) is 4.98 Å². The zero-order valence-electron chi connectivity index (χ0n) is 13.6. The third-order valence-electron chi connectivity index (χ3n) is 4.04. The Labute approximate surface area is 135 Å². The molecule has 4 heteroatoms. The Morgan fingerprint density at radius 1 is 0.913 bits per heavy atom. The summed E-state index contributed by atoms with van der Waals surface area (Å²) >= 11 is 0. The van der Waals surface area contributed by atoms with E-state index in [1.807, 2.05) is 24.3 Å².